The first-order valence-corrected chi connectivity index (χ1v) is 6.55. The lowest BCUT2D eigenvalue weighted by atomic mass is 10.1. The van der Waals surface area contributed by atoms with Crippen molar-refractivity contribution in [2.45, 2.75) is 6.92 Å². The van der Waals surface area contributed by atoms with Crippen LogP contribution in [0.4, 0.5) is 11.4 Å². The number of rotatable bonds is 3. The summed E-state index contributed by atoms with van der Waals surface area (Å²) >= 11 is 8.46. The molecule has 1 heterocycles. The summed E-state index contributed by atoms with van der Waals surface area (Å²) in [6.07, 6.45) is 3.39. The van der Waals surface area contributed by atoms with Gasteiger partial charge in [-0.05, 0) is 36.8 Å². The van der Waals surface area contributed by atoms with E-state index < -0.39 is 0 Å². The van der Waals surface area contributed by atoms with E-state index in [4.69, 9.17) is 18.0 Å². The molecular formula is C13H12BrN3S. The highest BCUT2D eigenvalue weighted by atomic mass is 79.9. The molecule has 0 spiro atoms. The standard InChI is InChI=1S/C13H12BrN3S/c1-8-6-9(14)2-3-11(8)17-12-7-16-5-4-10(12)13(15)18/h2-7,17H,1H3,(H2,15,18). The third-order valence-electron chi connectivity index (χ3n) is 2.54. The van der Waals surface area contributed by atoms with Gasteiger partial charge in [-0.2, -0.15) is 0 Å². The Bertz CT molecular complexity index is 599. The van der Waals surface area contributed by atoms with Crippen molar-refractivity contribution in [3.05, 3.63) is 52.3 Å². The van der Waals surface area contributed by atoms with Crippen LogP contribution in [0, 0.1) is 6.92 Å². The minimum Gasteiger partial charge on any atom is -0.389 e. The Labute approximate surface area is 120 Å². The van der Waals surface area contributed by atoms with Gasteiger partial charge in [0.05, 0.1) is 11.9 Å². The second kappa shape index (κ2) is 5.46. The number of halogens is 1. The van der Waals surface area contributed by atoms with Crippen molar-refractivity contribution in [3.63, 3.8) is 0 Å². The maximum absolute atomic E-state index is 5.69. The molecule has 3 N–H and O–H groups in total. The Hall–Kier alpha value is -1.46. The third kappa shape index (κ3) is 2.86. The van der Waals surface area contributed by atoms with Crippen LogP contribution < -0.4 is 11.1 Å². The fraction of sp³-hybridized carbons (Fsp3) is 0.0769. The van der Waals surface area contributed by atoms with Gasteiger partial charge in [0.25, 0.3) is 0 Å². The predicted octanol–water partition coefficient (Wildman–Crippen LogP) is 3.53. The van der Waals surface area contributed by atoms with Crippen LogP contribution in [0.15, 0.2) is 41.1 Å². The van der Waals surface area contributed by atoms with Crippen molar-refractivity contribution in [3.8, 4) is 0 Å². The van der Waals surface area contributed by atoms with E-state index in [9.17, 15) is 0 Å². The SMILES string of the molecule is Cc1cc(Br)ccc1Nc1cnccc1C(N)=S. The van der Waals surface area contributed by atoms with E-state index in [0.717, 1.165) is 27.0 Å². The quantitative estimate of drug-likeness (QED) is 0.849. The minimum absolute atomic E-state index is 0.356. The van der Waals surface area contributed by atoms with Gasteiger partial charge in [0.1, 0.15) is 4.99 Å². The molecule has 0 aliphatic carbocycles. The summed E-state index contributed by atoms with van der Waals surface area (Å²) in [7, 11) is 0. The molecule has 1 aromatic heterocycles. The normalized spacial score (nSPS) is 10.1. The molecule has 0 unspecified atom stereocenters. The highest BCUT2D eigenvalue weighted by molar-refractivity contribution is 9.10. The molecule has 3 nitrogen and oxygen atoms in total. The number of benzene rings is 1. The molecule has 0 aliphatic rings. The summed E-state index contributed by atoms with van der Waals surface area (Å²) in [4.78, 5) is 4.44. The van der Waals surface area contributed by atoms with E-state index in [1.54, 1.807) is 18.5 Å². The molecule has 92 valence electrons. The van der Waals surface area contributed by atoms with Crippen LogP contribution in [0.5, 0.6) is 0 Å². The summed E-state index contributed by atoms with van der Waals surface area (Å²) in [5.74, 6) is 0. The first-order chi connectivity index (χ1) is 8.58. The number of anilines is 2. The van der Waals surface area contributed by atoms with Crippen LogP contribution in [-0.2, 0) is 0 Å². The van der Waals surface area contributed by atoms with Gasteiger partial charge in [-0.15, -0.1) is 0 Å². The van der Waals surface area contributed by atoms with Crippen molar-refractivity contribution in [1.29, 1.82) is 0 Å². The number of thiocarbonyl (C=S) groups is 1. The number of nitrogens with two attached hydrogens (primary N) is 1. The Morgan fingerprint density at radius 2 is 2.11 bits per heavy atom. The molecule has 2 rings (SSSR count). The lowest BCUT2D eigenvalue weighted by Crippen LogP contribution is -2.12. The van der Waals surface area contributed by atoms with Crippen LogP contribution in [0.2, 0.25) is 0 Å². The molecule has 0 radical (unpaired) electrons. The Kier molecular flexibility index (Phi) is 3.93. The molecule has 0 saturated carbocycles. The zero-order valence-electron chi connectivity index (χ0n) is 9.77. The minimum atomic E-state index is 0.356. The molecule has 5 heteroatoms. The highest BCUT2D eigenvalue weighted by Gasteiger charge is 2.06. The molecule has 0 aliphatic heterocycles. The van der Waals surface area contributed by atoms with Crippen LogP contribution in [0.25, 0.3) is 0 Å². The smallest absolute Gasteiger partial charge is 0.106 e. The largest absolute Gasteiger partial charge is 0.389 e. The van der Waals surface area contributed by atoms with Gasteiger partial charge in [0.2, 0.25) is 0 Å². The van der Waals surface area contributed by atoms with Gasteiger partial charge >= 0.3 is 0 Å². The summed E-state index contributed by atoms with van der Waals surface area (Å²) in [5, 5.41) is 3.30. The average Bonchev–Trinajstić information content (AvgIpc) is 2.33. The van der Waals surface area contributed by atoms with Gasteiger partial charge in [-0.25, -0.2) is 0 Å². The monoisotopic (exact) mass is 321 g/mol. The Morgan fingerprint density at radius 1 is 1.33 bits per heavy atom. The van der Waals surface area contributed by atoms with E-state index in [2.05, 4.69) is 26.2 Å². The average molecular weight is 322 g/mol. The zero-order chi connectivity index (χ0) is 13.1. The van der Waals surface area contributed by atoms with E-state index in [-0.39, 0.29) is 0 Å². The van der Waals surface area contributed by atoms with Crippen LogP contribution in [0.1, 0.15) is 11.1 Å². The number of aromatic nitrogens is 1. The first kappa shape index (κ1) is 13.0. The molecule has 0 saturated heterocycles. The fourth-order valence-electron chi connectivity index (χ4n) is 1.62. The number of hydrogen-bond donors (Lipinski definition) is 2. The number of nitrogens with zero attached hydrogens (tertiary/aromatic N) is 1. The van der Waals surface area contributed by atoms with Crippen molar-refractivity contribution in [1.82, 2.24) is 4.98 Å². The summed E-state index contributed by atoms with van der Waals surface area (Å²) in [6.45, 7) is 2.03. The maximum Gasteiger partial charge on any atom is 0.106 e. The van der Waals surface area contributed by atoms with Crippen molar-refractivity contribution in [2.75, 3.05) is 5.32 Å². The molecule has 1 aromatic carbocycles. The van der Waals surface area contributed by atoms with E-state index >= 15 is 0 Å². The summed E-state index contributed by atoms with van der Waals surface area (Å²) in [5.41, 5.74) is 9.43. The van der Waals surface area contributed by atoms with Crippen molar-refractivity contribution < 1.29 is 0 Å². The lowest BCUT2D eigenvalue weighted by molar-refractivity contribution is 1.30. The van der Waals surface area contributed by atoms with Crippen LogP contribution >= 0.6 is 28.1 Å². The van der Waals surface area contributed by atoms with E-state index in [1.807, 2.05) is 25.1 Å². The van der Waals surface area contributed by atoms with E-state index in [1.165, 1.54) is 0 Å². The summed E-state index contributed by atoms with van der Waals surface area (Å²) < 4.78 is 1.05. The van der Waals surface area contributed by atoms with Gasteiger partial charge in [0.15, 0.2) is 0 Å². The molecule has 0 bridgehead atoms. The fourth-order valence-corrected chi connectivity index (χ4v) is 2.27. The second-order valence-electron chi connectivity index (χ2n) is 3.87. The number of pyridine rings is 1. The van der Waals surface area contributed by atoms with Gasteiger partial charge in [-0.3, -0.25) is 4.98 Å². The van der Waals surface area contributed by atoms with Gasteiger partial charge in [-0.1, -0.05) is 28.1 Å². The predicted molar refractivity (Wildman–Crippen MR) is 82.3 cm³/mol. The third-order valence-corrected chi connectivity index (χ3v) is 3.26. The summed E-state index contributed by atoms with van der Waals surface area (Å²) in [6, 6.07) is 7.82. The van der Waals surface area contributed by atoms with Crippen molar-refractivity contribution >= 4 is 44.5 Å². The van der Waals surface area contributed by atoms with Gasteiger partial charge in [0, 0.05) is 21.9 Å². The Morgan fingerprint density at radius 3 is 2.78 bits per heavy atom. The van der Waals surface area contributed by atoms with Crippen LogP contribution in [0.3, 0.4) is 0 Å². The molecular weight excluding hydrogens is 310 g/mol. The molecule has 18 heavy (non-hydrogen) atoms. The molecule has 2 aromatic rings. The lowest BCUT2D eigenvalue weighted by Gasteiger charge is -2.12. The number of nitrogens with one attached hydrogen (secondary N) is 1. The molecule has 0 fully saturated rings. The number of hydrogen-bond acceptors (Lipinski definition) is 3. The number of aryl methyl sites for hydroxylation is 1. The van der Waals surface area contributed by atoms with Crippen LogP contribution in [-0.4, -0.2) is 9.97 Å². The molecule has 0 atom stereocenters. The van der Waals surface area contributed by atoms with Crippen molar-refractivity contribution in [2.24, 2.45) is 5.73 Å². The topological polar surface area (TPSA) is 50.9 Å². The van der Waals surface area contributed by atoms with E-state index in [0.29, 0.717) is 4.99 Å². The maximum atomic E-state index is 5.69. The Balaban J connectivity index is 2.37. The highest BCUT2D eigenvalue weighted by Crippen LogP contribution is 2.25. The zero-order valence-corrected chi connectivity index (χ0v) is 12.2. The van der Waals surface area contributed by atoms with Gasteiger partial charge < -0.3 is 11.1 Å². The second-order valence-corrected chi connectivity index (χ2v) is 5.23. The molecule has 0 amide bonds. The first-order valence-electron chi connectivity index (χ1n) is 5.35.